The number of ether oxygens (including phenoxy) is 2. The number of hydroxylamine groups is 2. The maximum Gasteiger partial charge on any atom is 0.293 e. The lowest BCUT2D eigenvalue weighted by Gasteiger charge is -2.30. The third-order valence-corrected chi connectivity index (χ3v) is 12.9. The molecule has 2 aromatic carbocycles. The first-order chi connectivity index (χ1) is 33.4. The van der Waals surface area contributed by atoms with Crippen molar-refractivity contribution >= 4 is 91.6 Å². The summed E-state index contributed by atoms with van der Waals surface area (Å²) in [7, 11) is 1.20. The van der Waals surface area contributed by atoms with Gasteiger partial charge in [-0.2, -0.15) is 9.97 Å². The summed E-state index contributed by atoms with van der Waals surface area (Å²) in [6, 6.07) is 14.3. The number of nitrogens with one attached hydrogen (secondary N) is 2. The van der Waals surface area contributed by atoms with E-state index < -0.39 is 12.5 Å². The molecule has 0 aliphatic carbocycles. The number of hydrogen-bond donors (Lipinski definition) is 3. The zero-order chi connectivity index (χ0) is 50.4. The Kier molecular flexibility index (Phi) is 16.5. The van der Waals surface area contributed by atoms with Crippen LogP contribution in [0.5, 0.6) is 11.5 Å². The first-order valence-corrected chi connectivity index (χ1v) is 24.3. The maximum absolute atomic E-state index is 13.0. The molecule has 2 saturated heterocycles. The van der Waals surface area contributed by atoms with Crippen molar-refractivity contribution in [3.63, 3.8) is 0 Å². The molecule has 3 N–H and O–H groups in total. The number of halogens is 2. The average Bonchev–Trinajstić information content (AvgIpc) is 3.32. The molecule has 0 saturated carbocycles. The molecular formula is C50H61Cl2N11O7. The Bertz CT molecular complexity index is 2980. The Balaban J connectivity index is 0.000000207. The largest absolute Gasteiger partial charge is 0.480 e. The summed E-state index contributed by atoms with van der Waals surface area (Å²) in [5.41, 5.74) is 2.35. The molecule has 18 nitrogen and oxygen atoms in total. The molecule has 1 amide bonds. The van der Waals surface area contributed by atoms with E-state index in [0.29, 0.717) is 56.2 Å². The number of carbonyl (C=O) groups excluding carboxylic acids is 2. The molecule has 6 aromatic rings. The summed E-state index contributed by atoms with van der Waals surface area (Å²) in [6.45, 7) is 16.7. The predicted octanol–water partition coefficient (Wildman–Crippen LogP) is 9.21. The van der Waals surface area contributed by atoms with E-state index in [1.807, 2.05) is 64.1 Å². The number of benzene rings is 2. The molecule has 0 spiro atoms. The van der Waals surface area contributed by atoms with Crippen molar-refractivity contribution in [2.45, 2.75) is 86.2 Å². The van der Waals surface area contributed by atoms with Crippen LogP contribution in [0.2, 0.25) is 10.0 Å². The first-order valence-electron chi connectivity index (χ1n) is 23.5. The summed E-state index contributed by atoms with van der Waals surface area (Å²) >= 11 is 12.8. The maximum atomic E-state index is 13.0. The van der Waals surface area contributed by atoms with Gasteiger partial charge in [-0.3, -0.25) is 24.4 Å². The Morgan fingerprint density at radius 1 is 0.700 bits per heavy atom. The van der Waals surface area contributed by atoms with Gasteiger partial charge < -0.3 is 39.0 Å². The molecule has 0 radical (unpaired) electrons. The van der Waals surface area contributed by atoms with Crippen molar-refractivity contribution in [2.75, 3.05) is 66.9 Å². The number of piperidine rings is 2. The highest BCUT2D eigenvalue weighted by molar-refractivity contribution is 6.33. The zero-order valence-electron chi connectivity index (χ0n) is 40.8. The fourth-order valence-electron chi connectivity index (χ4n) is 8.33. The molecule has 2 aliphatic rings. The highest BCUT2D eigenvalue weighted by Gasteiger charge is 2.22. The molecule has 8 rings (SSSR count). The van der Waals surface area contributed by atoms with E-state index in [-0.39, 0.29) is 47.1 Å². The van der Waals surface area contributed by atoms with E-state index in [0.717, 1.165) is 79.4 Å². The van der Waals surface area contributed by atoms with Gasteiger partial charge in [0.05, 0.1) is 23.4 Å². The lowest BCUT2D eigenvalue weighted by Crippen LogP contribution is -2.34. The molecule has 372 valence electrons. The Morgan fingerprint density at radius 3 is 1.47 bits per heavy atom. The van der Waals surface area contributed by atoms with Crippen molar-refractivity contribution in [1.29, 1.82) is 0 Å². The van der Waals surface area contributed by atoms with Gasteiger partial charge in [0.15, 0.2) is 35.5 Å². The highest BCUT2D eigenvalue weighted by atomic mass is 35.5. The van der Waals surface area contributed by atoms with Gasteiger partial charge in [0, 0.05) is 67.5 Å². The van der Waals surface area contributed by atoms with Gasteiger partial charge in [-0.1, -0.05) is 37.0 Å². The van der Waals surface area contributed by atoms with Crippen LogP contribution < -0.4 is 41.0 Å². The van der Waals surface area contributed by atoms with E-state index in [1.165, 1.54) is 14.0 Å². The van der Waals surface area contributed by atoms with Crippen LogP contribution in [-0.4, -0.2) is 97.5 Å². The van der Waals surface area contributed by atoms with Gasteiger partial charge in [0.25, 0.3) is 17.0 Å². The predicted molar refractivity (Wildman–Crippen MR) is 275 cm³/mol. The van der Waals surface area contributed by atoms with E-state index in [1.54, 1.807) is 33.7 Å². The lowest BCUT2D eigenvalue weighted by atomic mass is 10.00. The number of carbonyl (C=O) groups is 2. The number of fused-ring (bicyclic) bond motifs is 2. The minimum absolute atomic E-state index is 0.0187. The first kappa shape index (κ1) is 51.4. The second-order valence-corrected chi connectivity index (χ2v) is 19.4. The molecule has 4 aromatic heterocycles. The fourth-order valence-corrected chi connectivity index (χ4v) is 8.60. The summed E-state index contributed by atoms with van der Waals surface area (Å²) < 4.78 is 14.3. The number of nitrogens with zero attached hydrogens (tertiary/aromatic N) is 9. The lowest BCUT2D eigenvalue weighted by molar-refractivity contribution is -0.161. The Hall–Kier alpha value is -6.50. The van der Waals surface area contributed by atoms with Gasteiger partial charge in [-0.15, -0.1) is 0 Å². The summed E-state index contributed by atoms with van der Waals surface area (Å²) in [4.78, 5) is 71.7. The number of pyridine rings is 2. The second kappa shape index (κ2) is 22.5. The number of hydrogen-bond acceptors (Lipinski definition) is 15. The van der Waals surface area contributed by atoms with Crippen LogP contribution in [0.3, 0.4) is 0 Å². The molecule has 6 heterocycles. The van der Waals surface area contributed by atoms with Crippen molar-refractivity contribution in [1.82, 2.24) is 34.1 Å². The fraction of sp³-hybridized carbons (Fsp3) is 0.440. The normalized spacial score (nSPS) is 14.5. The quantitative estimate of drug-likeness (QED) is 0.0688. The molecule has 20 heteroatoms. The molecule has 0 atom stereocenters. The molecule has 2 fully saturated rings. The van der Waals surface area contributed by atoms with E-state index in [4.69, 9.17) is 32.7 Å². The number of anilines is 6. The van der Waals surface area contributed by atoms with Crippen molar-refractivity contribution in [3.8, 4) is 11.5 Å². The third-order valence-electron chi connectivity index (χ3n) is 12.3. The number of likely N-dealkylation sites (N-methyl/N-ethyl adjacent to an activating group) is 1. The minimum Gasteiger partial charge on any atom is -0.480 e. The van der Waals surface area contributed by atoms with Crippen LogP contribution in [0.25, 0.3) is 21.8 Å². The second-order valence-electron chi connectivity index (χ2n) is 18.6. The van der Waals surface area contributed by atoms with Gasteiger partial charge in [-0.25, -0.2) is 15.0 Å². The SMILES string of the molecule is CC(=O)COc1cc2cc(Nc3nc(N4CCC(C)CC4)ncc3Cl)ccc2n(C(C)C)c1=O.CC1CCN(c2ncc(Cl)c(Nc3ccc4c(c3)cc(OCC(=O)N(C)O)c(=O)n4C(C)C)n2)CC1. The van der Waals surface area contributed by atoms with Crippen LogP contribution in [0.1, 0.15) is 86.2 Å². The minimum atomic E-state index is -0.668. The smallest absolute Gasteiger partial charge is 0.293 e. The van der Waals surface area contributed by atoms with Crippen molar-refractivity contribution in [3.05, 3.63) is 91.7 Å². The van der Waals surface area contributed by atoms with Gasteiger partial charge in [0.2, 0.25) is 11.9 Å². The standard InChI is InChI=1S/C25H31ClN6O4.C25H30ClN5O3/c1-15(2)32-20-6-5-18(11-17(20)12-21(24(32)34)36-14-22(33)30(4)35)28-23-19(26)13-27-25(29-23)31-9-7-16(3)8-10-31;1-15(2)31-21-6-5-19(11-18(21)12-22(24(31)33)34-14-17(4)32)28-23-20(26)13-27-25(29-23)30-9-7-16(3)8-10-30/h5-6,11-13,15-16,35H,7-10,14H2,1-4H3,(H,27,28,29);5-6,11-13,15-16H,7-10,14H2,1-4H3,(H,27,28,29). The number of rotatable bonds is 14. The average molecular weight is 999 g/mol. The van der Waals surface area contributed by atoms with E-state index in [9.17, 15) is 24.4 Å². The number of Topliss-reactive ketones (excluding diaryl/α,β-unsaturated/α-hetero) is 1. The third kappa shape index (κ3) is 12.3. The van der Waals surface area contributed by atoms with Crippen LogP contribution in [0.15, 0.2) is 70.5 Å². The van der Waals surface area contributed by atoms with E-state index >= 15 is 0 Å². The van der Waals surface area contributed by atoms with Gasteiger partial charge >= 0.3 is 0 Å². The van der Waals surface area contributed by atoms with Crippen LogP contribution in [0, 0.1) is 11.8 Å². The Labute approximate surface area is 416 Å². The Morgan fingerprint density at radius 2 is 1.10 bits per heavy atom. The molecule has 0 bridgehead atoms. The monoisotopic (exact) mass is 997 g/mol. The summed E-state index contributed by atoms with van der Waals surface area (Å²) in [6.07, 6.45) is 7.65. The number of ketones is 1. The molecule has 2 aliphatic heterocycles. The molecule has 0 unspecified atom stereocenters. The van der Waals surface area contributed by atoms with Crippen molar-refractivity contribution in [2.24, 2.45) is 11.8 Å². The summed E-state index contributed by atoms with van der Waals surface area (Å²) in [5, 5.41) is 18.6. The molecule has 70 heavy (non-hydrogen) atoms. The van der Waals surface area contributed by atoms with Crippen LogP contribution >= 0.6 is 23.2 Å². The number of amides is 1. The summed E-state index contributed by atoms with van der Waals surface area (Å²) in [5.74, 6) is 3.07. The topological polar surface area (TPSA) is 202 Å². The van der Waals surface area contributed by atoms with Crippen LogP contribution in [0.4, 0.5) is 34.9 Å². The van der Waals surface area contributed by atoms with Gasteiger partial charge in [0.1, 0.15) is 16.7 Å². The van der Waals surface area contributed by atoms with Crippen LogP contribution in [-0.2, 0) is 9.59 Å². The number of aromatic nitrogens is 6. The van der Waals surface area contributed by atoms with Crippen molar-refractivity contribution < 1.29 is 24.3 Å². The molecular weight excluding hydrogens is 938 g/mol. The zero-order valence-corrected chi connectivity index (χ0v) is 42.3. The highest BCUT2D eigenvalue weighted by Crippen LogP contribution is 2.32. The van der Waals surface area contributed by atoms with Gasteiger partial charge in [-0.05, 0) is 121 Å². The van der Waals surface area contributed by atoms with E-state index in [2.05, 4.69) is 54.2 Å².